The molecule has 1 aromatic carbocycles. The van der Waals surface area contributed by atoms with Crippen molar-refractivity contribution < 1.29 is 14.6 Å². The summed E-state index contributed by atoms with van der Waals surface area (Å²) < 4.78 is 8.13. The Morgan fingerprint density at radius 1 is 1.30 bits per heavy atom. The number of ether oxygens (including phenoxy) is 1. The van der Waals surface area contributed by atoms with Crippen LogP contribution in [0.25, 0.3) is 0 Å². The third-order valence-electron chi connectivity index (χ3n) is 3.11. The fraction of sp³-hybridized carbons (Fsp3) is 0.286. The lowest BCUT2D eigenvalue weighted by Crippen LogP contribution is -2.23. The highest BCUT2D eigenvalue weighted by molar-refractivity contribution is 5.91. The fourth-order valence-electron chi connectivity index (χ4n) is 2.03. The van der Waals surface area contributed by atoms with E-state index in [0.717, 1.165) is 5.56 Å². The summed E-state index contributed by atoms with van der Waals surface area (Å²) in [5.74, 6) is -0.748. The van der Waals surface area contributed by atoms with Gasteiger partial charge in [0.05, 0.1) is 13.7 Å². The van der Waals surface area contributed by atoms with Crippen LogP contribution in [0.4, 0.5) is 0 Å². The molecule has 0 aliphatic rings. The van der Waals surface area contributed by atoms with E-state index in [1.54, 1.807) is 29.1 Å². The molecular formula is C14H16N2O4. The van der Waals surface area contributed by atoms with Gasteiger partial charge in [0.25, 0.3) is 0 Å². The summed E-state index contributed by atoms with van der Waals surface area (Å²) in [6.07, 6.45) is 3.40. The van der Waals surface area contributed by atoms with Crippen LogP contribution in [0.3, 0.4) is 0 Å². The lowest BCUT2D eigenvalue weighted by Gasteiger charge is -2.08. The van der Waals surface area contributed by atoms with Gasteiger partial charge in [-0.05, 0) is 24.6 Å². The summed E-state index contributed by atoms with van der Waals surface area (Å²) in [6.45, 7) is 2.83. The number of benzene rings is 1. The minimum atomic E-state index is -1.05. The van der Waals surface area contributed by atoms with Gasteiger partial charge in [0.2, 0.25) is 0 Å². The maximum absolute atomic E-state index is 11.9. The quantitative estimate of drug-likeness (QED) is 0.896. The van der Waals surface area contributed by atoms with Crippen molar-refractivity contribution in [1.29, 1.82) is 0 Å². The average molecular weight is 276 g/mol. The normalized spacial score (nSPS) is 10.5. The second kappa shape index (κ2) is 5.64. The smallest absolute Gasteiger partial charge is 0.339 e. The Labute approximate surface area is 115 Å². The van der Waals surface area contributed by atoms with Crippen molar-refractivity contribution in [1.82, 2.24) is 9.13 Å². The van der Waals surface area contributed by atoms with Gasteiger partial charge < -0.3 is 9.84 Å². The number of carboxylic acids is 1. The van der Waals surface area contributed by atoms with Gasteiger partial charge in [0, 0.05) is 18.9 Å². The van der Waals surface area contributed by atoms with Crippen molar-refractivity contribution in [3.05, 3.63) is 52.2 Å². The van der Waals surface area contributed by atoms with Crippen LogP contribution in [-0.4, -0.2) is 27.3 Å². The molecular weight excluding hydrogens is 260 g/mol. The number of hydrogen-bond acceptors (Lipinski definition) is 3. The fourth-order valence-corrected chi connectivity index (χ4v) is 2.03. The molecule has 0 aliphatic heterocycles. The number of aromatic nitrogens is 2. The number of aryl methyl sites for hydroxylation is 1. The minimum Gasteiger partial charge on any atom is -0.496 e. The molecule has 0 amide bonds. The number of methoxy groups -OCH3 is 1. The molecule has 2 aromatic rings. The van der Waals surface area contributed by atoms with Crippen LogP contribution in [0.2, 0.25) is 0 Å². The van der Waals surface area contributed by atoms with Crippen LogP contribution < -0.4 is 10.4 Å². The Morgan fingerprint density at radius 2 is 2.00 bits per heavy atom. The Hall–Kier alpha value is -2.50. The van der Waals surface area contributed by atoms with E-state index in [4.69, 9.17) is 9.84 Å². The van der Waals surface area contributed by atoms with Gasteiger partial charge in [-0.2, -0.15) is 0 Å². The molecule has 0 saturated heterocycles. The Bertz CT molecular complexity index is 685. The average Bonchev–Trinajstić information content (AvgIpc) is 2.79. The van der Waals surface area contributed by atoms with Crippen LogP contribution in [-0.2, 0) is 13.1 Å². The second-order valence-electron chi connectivity index (χ2n) is 4.33. The van der Waals surface area contributed by atoms with E-state index in [0.29, 0.717) is 18.8 Å². The molecule has 2 rings (SSSR count). The van der Waals surface area contributed by atoms with Gasteiger partial charge in [-0.25, -0.2) is 9.59 Å². The first kappa shape index (κ1) is 13.9. The summed E-state index contributed by atoms with van der Waals surface area (Å²) in [5.41, 5.74) is 0.715. The summed E-state index contributed by atoms with van der Waals surface area (Å²) >= 11 is 0. The van der Waals surface area contributed by atoms with E-state index >= 15 is 0 Å². The van der Waals surface area contributed by atoms with E-state index in [-0.39, 0.29) is 11.3 Å². The number of hydrogen-bond donors (Lipinski definition) is 1. The van der Waals surface area contributed by atoms with Crippen LogP contribution >= 0.6 is 0 Å². The van der Waals surface area contributed by atoms with E-state index in [9.17, 15) is 9.59 Å². The molecule has 0 atom stereocenters. The number of carbonyl (C=O) groups is 1. The molecule has 1 aromatic heterocycles. The van der Waals surface area contributed by atoms with Gasteiger partial charge in [-0.15, -0.1) is 0 Å². The van der Waals surface area contributed by atoms with Crippen molar-refractivity contribution in [2.24, 2.45) is 0 Å². The number of carboxylic acid groups (broad SMARTS) is 1. The highest BCUT2D eigenvalue weighted by Gasteiger charge is 2.12. The summed E-state index contributed by atoms with van der Waals surface area (Å²) in [4.78, 5) is 23.1. The largest absolute Gasteiger partial charge is 0.496 e. The maximum atomic E-state index is 11.9. The molecule has 0 bridgehead atoms. The van der Waals surface area contributed by atoms with Crippen molar-refractivity contribution in [2.75, 3.05) is 7.11 Å². The Morgan fingerprint density at radius 3 is 2.55 bits per heavy atom. The van der Waals surface area contributed by atoms with Crippen LogP contribution in [0.5, 0.6) is 5.75 Å². The van der Waals surface area contributed by atoms with Gasteiger partial charge in [-0.3, -0.25) is 9.13 Å². The predicted octanol–water partition coefficient (Wildman–Crippen LogP) is 1.42. The van der Waals surface area contributed by atoms with Gasteiger partial charge in [-0.1, -0.05) is 6.07 Å². The molecule has 0 saturated carbocycles. The highest BCUT2D eigenvalue weighted by Crippen LogP contribution is 2.20. The molecule has 0 unspecified atom stereocenters. The van der Waals surface area contributed by atoms with Crippen LogP contribution in [0, 0.1) is 0 Å². The third kappa shape index (κ3) is 2.59. The zero-order valence-electron chi connectivity index (χ0n) is 11.4. The monoisotopic (exact) mass is 276 g/mol. The zero-order chi connectivity index (χ0) is 14.7. The molecule has 0 spiro atoms. The first-order valence-electron chi connectivity index (χ1n) is 6.22. The lowest BCUT2D eigenvalue weighted by molar-refractivity contribution is 0.0693. The topological polar surface area (TPSA) is 73.5 Å². The molecule has 6 heteroatoms. The molecule has 20 heavy (non-hydrogen) atoms. The molecule has 6 nitrogen and oxygen atoms in total. The van der Waals surface area contributed by atoms with Crippen molar-refractivity contribution in [2.45, 2.75) is 20.0 Å². The first-order valence-corrected chi connectivity index (χ1v) is 6.22. The molecule has 0 radical (unpaired) electrons. The second-order valence-corrected chi connectivity index (χ2v) is 4.33. The standard InChI is InChI=1S/C14H16N2O4/c1-3-15-6-7-16(14(15)19)9-10-4-5-12(20-2)11(8-10)13(17)18/h4-8H,3,9H2,1-2H3,(H,17,18). The molecule has 0 aliphatic carbocycles. The Balaban J connectivity index is 2.34. The first-order chi connectivity index (χ1) is 9.56. The van der Waals surface area contributed by atoms with Crippen molar-refractivity contribution >= 4 is 5.97 Å². The summed E-state index contributed by atoms with van der Waals surface area (Å²) in [7, 11) is 1.42. The lowest BCUT2D eigenvalue weighted by atomic mass is 10.1. The molecule has 106 valence electrons. The number of nitrogens with zero attached hydrogens (tertiary/aromatic N) is 2. The van der Waals surface area contributed by atoms with Crippen LogP contribution in [0.15, 0.2) is 35.4 Å². The molecule has 1 heterocycles. The van der Waals surface area contributed by atoms with Gasteiger partial charge >= 0.3 is 11.7 Å². The predicted molar refractivity (Wildman–Crippen MR) is 73.4 cm³/mol. The van der Waals surface area contributed by atoms with E-state index < -0.39 is 5.97 Å². The van der Waals surface area contributed by atoms with Crippen LogP contribution in [0.1, 0.15) is 22.8 Å². The number of imidazole rings is 1. The minimum absolute atomic E-state index is 0.0907. The summed E-state index contributed by atoms with van der Waals surface area (Å²) in [5, 5.41) is 9.13. The van der Waals surface area contributed by atoms with E-state index in [1.807, 2.05) is 6.92 Å². The van der Waals surface area contributed by atoms with Crippen molar-refractivity contribution in [3.63, 3.8) is 0 Å². The third-order valence-corrected chi connectivity index (χ3v) is 3.11. The molecule has 0 fully saturated rings. The van der Waals surface area contributed by atoms with Gasteiger partial charge in [0.1, 0.15) is 11.3 Å². The summed E-state index contributed by atoms with van der Waals surface area (Å²) in [6, 6.07) is 4.87. The Kier molecular flexibility index (Phi) is 3.93. The SMILES string of the molecule is CCn1ccn(Cc2ccc(OC)c(C(=O)O)c2)c1=O. The maximum Gasteiger partial charge on any atom is 0.339 e. The van der Waals surface area contributed by atoms with E-state index in [2.05, 4.69) is 0 Å². The number of aromatic carboxylic acids is 1. The number of rotatable bonds is 5. The molecule has 1 N–H and O–H groups in total. The van der Waals surface area contributed by atoms with E-state index in [1.165, 1.54) is 17.7 Å². The van der Waals surface area contributed by atoms with Gasteiger partial charge in [0.15, 0.2) is 0 Å². The zero-order valence-corrected chi connectivity index (χ0v) is 11.4. The highest BCUT2D eigenvalue weighted by atomic mass is 16.5. The van der Waals surface area contributed by atoms with Crippen molar-refractivity contribution in [3.8, 4) is 5.75 Å².